The second-order valence-electron chi connectivity index (χ2n) is 4.86. The van der Waals surface area contributed by atoms with Crippen molar-refractivity contribution in [1.29, 1.82) is 0 Å². The predicted molar refractivity (Wildman–Crippen MR) is 58.8 cm³/mol. The largest absolute Gasteiger partial charge is 0.340 e. The summed E-state index contributed by atoms with van der Waals surface area (Å²) in [4.78, 5) is 6.74. The van der Waals surface area contributed by atoms with Crippen LogP contribution in [0.1, 0.15) is 24.6 Å². The van der Waals surface area contributed by atoms with Gasteiger partial charge >= 0.3 is 0 Å². The van der Waals surface area contributed by atoms with Gasteiger partial charge in [0.15, 0.2) is 5.82 Å². The number of aromatic nitrogens is 2. The van der Waals surface area contributed by atoms with Gasteiger partial charge in [-0.25, -0.2) is 0 Å². The minimum absolute atomic E-state index is 0.612. The van der Waals surface area contributed by atoms with Crippen molar-refractivity contribution in [3.05, 3.63) is 11.7 Å². The van der Waals surface area contributed by atoms with E-state index < -0.39 is 0 Å². The fourth-order valence-corrected chi connectivity index (χ4v) is 2.83. The molecule has 3 fully saturated rings. The lowest BCUT2D eigenvalue weighted by Gasteiger charge is -2.45. The monoisotopic (exact) mass is 222 g/mol. The lowest BCUT2D eigenvalue weighted by atomic mass is 9.84. The van der Waals surface area contributed by atoms with Crippen molar-refractivity contribution in [2.24, 2.45) is 5.92 Å². The van der Waals surface area contributed by atoms with E-state index in [0.717, 1.165) is 18.3 Å². The van der Waals surface area contributed by atoms with Gasteiger partial charge in [0.2, 0.25) is 5.89 Å². The third-order valence-electron chi connectivity index (χ3n) is 3.75. The van der Waals surface area contributed by atoms with E-state index in [9.17, 15) is 0 Å². The maximum Gasteiger partial charge on any atom is 0.223 e. The Balaban J connectivity index is 1.55. The number of fused-ring (bicyclic) bond motifs is 3. The van der Waals surface area contributed by atoms with Crippen LogP contribution in [0.2, 0.25) is 0 Å². The predicted octanol–water partition coefficient (Wildman–Crippen LogP) is 0.562. The molecule has 4 rings (SSSR count). The summed E-state index contributed by atoms with van der Waals surface area (Å²) in [6.45, 7) is 6.30. The Hall–Kier alpha value is -0.940. The number of aryl methyl sites for hydroxylation is 1. The highest BCUT2D eigenvalue weighted by molar-refractivity contribution is 4.92. The Morgan fingerprint density at radius 2 is 2.25 bits per heavy atom. The standard InChI is InChI=1S/C11H18N4O/c1-8-13-11(14-16-8)6-12-10-7-15-4-2-9(10)3-5-15/h9-10,12H,2-7H2,1H3. The summed E-state index contributed by atoms with van der Waals surface area (Å²) in [5, 5.41) is 7.46. The van der Waals surface area contributed by atoms with Crippen LogP contribution in [-0.2, 0) is 6.54 Å². The first-order chi connectivity index (χ1) is 7.81. The summed E-state index contributed by atoms with van der Waals surface area (Å²) < 4.78 is 4.95. The van der Waals surface area contributed by atoms with Gasteiger partial charge in [-0.2, -0.15) is 4.98 Å². The molecule has 1 aromatic heterocycles. The number of rotatable bonds is 3. The van der Waals surface area contributed by atoms with Gasteiger partial charge in [0.25, 0.3) is 0 Å². The van der Waals surface area contributed by atoms with Crippen LogP contribution in [0.5, 0.6) is 0 Å². The van der Waals surface area contributed by atoms with Gasteiger partial charge in [0.05, 0.1) is 6.54 Å². The van der Waals surface area contributed by atoms with Gasteiger partial charge in [-0.05, 0) is 31.8 Å². The van der Waals surface area contributed by atoms with E-state index in [1.54, 1.807) is 0 Å². The first kappa shape index (κ1) is 10.2. The van der Waals surface area contributed by atoms with Gasteiger partial charge in [0, 0.05) is 19.5 Å². The van der Waals surface area contributed by atoms with Crippen molar-refractivity contribution in [2.45, 2.75) is 32.4 Å². The van der Waals surface area contributed by atoms with Crippen LogP contribution < -0.4 is 5.32 Å². The Morgan fingerprint density at radius 3 is 2.81 bits per heavy atom. The highest BCUT2D eigenvalue weighted by Crippen LogP contribution is 2.27. The van der Waals surface area contributed by atoms with Gasteiger partial charge in [-0.15, -0.1) is 0 Å². The minimum Gasteiger partial charge on any atom is -0.340 e. The normalized spacial score (nSPS) is 33.2. The minimum atomic E-state index is 0.612. The molecule has 0 aliphatic carbocycles. The number of hydrogen-bond donors (Lipinski definition) is 1. The first-order valence-corrected chi connectivity index (χ1v) is 6.06. The Kier molecular flexibility index (Phi) is 2.65. The third kappa shape index (κ3) is 1.97. The van der Waals surface area contributed by atoms with Crippen LogP contribution in [0.15, 0.2) is 4.52 Å². The topological polar surface area (TPSA) is 54.2 Å². The van der Waals surface area contributed by atoms with Crippen molar-refractivity contribution < 1.29 is 4.52 Å². The van der Waals surface area contributed by atoms with Crippen LogP contribution in [0, 0.1) is 12.8 Å². The molecule has 5 heteroatoms. The van der Waals surface area contributed by atoms with Crippen LogP contribution in [0.4, 0.5) is 0 Å². The van der Waals surface area contributed by atoms with Gasteiger partial charge in [-0.1, -0.05) is 5.16 Å². The highest BCUT2D eigenvalue weighted by atomic mass is 16.5. The highest BCUT2D eigenvalue weighted by Gasteiger charge is 2.33. The Bertz CT molecular complexity index is 357. The van der Waals surface area contributed by atoms with Crippen molar-refractivity contribution in [3.63, 3.8) is 0 Å². The quantitative estimate of drug-likeness (QED) is 0.810. The average Bonchev–Trinajstić information content (AvgIpc) is 2.74. The molecule has 3 aliphatic rings. The van der Waals surface area contributed by atoms with Gasteiger partial charge in [0.1, 0.15) is 0 Å². The molecule has 5 nitrogen and oxygen atoms in total. The molecule has 0 spiro atoms. The van der Waals surface area contributed by atoms with Crippen LogP contribution in [0.25, 0.3) is 0 Å². The zero-order valence-corrected chi connectivity index (χ0v) is 9.65. The zero-order valence-electron chi connectivity index (χ0n) is 9.65. The molecule has 16 heavy (non-hydrogen) atoms. The summed E-state index contributed by atoms with van der Waals surface area (Å²) in [7, 11) is 0. The first-order valence-electron chi connectivity index (χ1n) is 6.06. The lowest BCUT2D eigenvalue weighted by Crippen LogP contribution is -2.55. The molecule has 2 bridgehead atoms. The van der Waals surface area contributed by atoms with E-state index in [4.69, 9.17) is 4.52 Å². The van der Waals surface area contributed by atoms with Crippen LogP contribution in [-0.4, -0.2) is 40.7 Å². The smallest absolute Gasteiger partial charge is 0.223 e. The van der Waals surface area contributed by atoms with E-state index in [1.807, 2.05) is 6.92 Å². The molecular formula is C11H18N4O. The SMILES string of the molecule is Cc1nc(CNC2CN3CCC2CC3)no1. The number of hydrogen-bond acceptors (Lipinski definition) is 5. The van der Waals surface area contributed by atoms with E-state index in [0.29, 0.717) is 11.9 Å². The molecule has 88 valence electrons. The van der Waals surface area contributed by atoms with Crippen molar-refractivity contribution in [1.82, 2.24) is 20.4 Å². The van der Waals surface area contributed by atoms with Crippen molar-refractivity contribution in [2.75, 3.05) is 19.6 Å². The molecule has 4 heterocycles. The average molecular weight is 222 g/mol. The molecule has 0 aromatic carbocycles. The summed E-state index contributed by atoms with van der Waals surface area (Å²) in [6.07, 6.45) is 2.67. The summed E-state index contributed by atoms with van der Waals surface area (Å²) in [6, 6.07) is 0.612. The number of piperidine rings is 3. The van der Waals surface area contributed by atoms with E-state index in [-0.39, 0.29) is 0 Å². The second kappa shape index (κ2) is 4.14. The molecule has 3 aliphatic heterocycles. The molecular weight excluding hydrogens is 204 g/mol. The zero-order chi connectivity index (χ0) is 11.0. The molecule has 1 N–H and O–H groups in total. The summed E-state index contributed by atoms with van der Waals surface area (Å²) >= 11 is 0. The Morgan fingerprint density at radius 1 is 1.44 bits per heavy atom. The van der Waals surface area contributed by atoms with E-state index >= 15 is 0 Å². The van der Waals surface area contributed by atoms with Crippen LogP contribution >= 0.6 is 0 Å². The molecule has 1 aromatic rings. The van der Waals surface area contributed by atoms with Gasteiger partial charge < -0.3 is 14.7 Å². The molecule has 3 saturated heterocycles. The Labute approximate surface area is 95.2 Å². The number of nitrogens with zero attached hydrogens (tertiary/aromatic N) is 3. The molecule has 0 amide bonds. The van der Waals surface area contributed by atoms with Crippen LogP contribution in [0.3, 0.4) is 0 Å². The van der Waals surface area contributed by atoms with Gasteiger partial charge in [-0.3, -0.25) is 0 Å². The maximum absolute atomic E-state index is 4.95. The lowest BCUT2D eigenvalue weighted by molar-refractivity contribution is 0.0716. The van der Waals surface area contributed by atoms with E-state index in [1.165, 1.54) is 32.5 Å². The molecule has 1 unspecified atom stereocenters. The van der Waals surface area contributed by atoms with Crippen molar-refractivity contribution >= 4 is 0 Å². The fraction of sp³-hybridized carbons (Fsp3) is 0.818. The fourth-order valence-electron chi connectivity index (χ4n) is 2.83. The maximum atomic E-state index is 4.95. The van der Waals surface area contributed by atoms with E-state index in [2.05, 4.69) is 20.4 Å². The van der Waals surface area contributed by atoms with Crippen molar-refractivity contribution in [3.8, 4) is 0 Å². The third-order valence-corrected chi connectivity index (χ3v) is 3.75. The summed E-state index contributed by atoms with van der Waals surface area (Å²) in [5.41, 5.74) is 0. The molecule has 0 radical (unpaired) electrons. The molecule has 1 atom stereocenters. The summed E-state index contributed by atoms with van der Waals surface area (Å²) in [5.74, 6) is 2.26. The number of nitrogens with one attached hydrogen (secondary N) is 1. The second-order valence-corrected chi connectivity index (χ2v) is 4.86. The molecule has 0 saturated carbocycles.